The average Bonchev–Trinajstić information content (AvgIpc) is 2.65. The highest BCUT2D eigenvalue weighted by atomic mass is 16.6. The van der Waals surface area contributed by atoms with Gasteiger partial charge in [0.15, 0.2) is 18.1 Å². The van der Waals surface area contributed by atoms with E-state index < -0.39 is 12.0 Å². The second-order valence-corrected chi connectivity index (χ2v) is 4.68. The summed E-state index contributed by atoms with van der Waals surface area (Å²) in [5, 5.41) is 0. The zero-order valence-electron chi connectivity index (χ0n) is 13.8. The van der Waals surface area contributed by atoms with Gasteiger partial charge in [0.25, 0.3) is 5.91 Å². The highest BCUT2D eigenvalue weighted by Crippen LogP contribution is 2.30. The molecule has 2 aromatic carbocycles. The van der Waals surface area contributed by atoms with Crippen LogP contribution in [0.3, 0.4) is 0 Å². The molecule has 0 heterocycles. The summed E-state index contributed by atoms with van der Waals surface area (Å²) in [4.78, 5) is 23.2. The molecule has 25 heavy (non-hydrogen) atoms. The van der Waals surface area contributed by atoms with Crippen molar-refractivity contribution in [3.05, 3.63) is 48.5 Å². The SMILES string of the molecule is COc1ccc(OCC(=O)NNC(=O)Oc2ccccc2)cc1OC. The van der Waals surface area contributed by atoms with Gasteiger partial charge in [-0.15, -0.1) is 0 Å². The Morgan fingerprint density at radius 1 is 0.880 bits per heavy atom. The monoisotopic (exact) mass is 346 g/mol. The number of rotatable bonds is 6. The number of methoxy groups -OCH3 is 2. The van der Waals surface area contributed by atoms with E-state index in [4.69, 9.17) is 18.9 Å². The standard InChI is InChI=1S/C17H18N2O6/c1-22-14-9-8-13(10-15(14)23-2)24-11-16(20)18-19-17(21)25-12-6-4-3-5-7-12/h3-10H,11H2,1-2H3,(H,18,20)(H,19,21). The second kappa shape index (κ2) is 9.02. The molecule has 8 heteroatoms. The lowest BCUT2D eigenvalue weighted by atomic mass is 10.3. The Hall–Kier alpha value is -3.42. The van der Waals surface area contributed by atoms with Crippen molar-refractivity contribution >= 4 is 12.0 Å². The summed E-state index contributed by atoms with van der Waals surface area (Å²) in [7, 11) is 3.02. The maximum atomic E-state index is 11.7. The van der Waals surface area contributed by atoms with Crippen LogP contribution in [0, 0.1) is 0 Å². The first-order chi connectivity index (χ1) is 12.1. The predicted molar refractivity (Wildman–Crippen MR) is 88.8 cm³/mol. The van der Waals surface area contributed by atoms with Crippen LogP contribution in [0.2, 0.25) is 0 Å². The minimum Gasteiger partial charge on any atom is -0.493 e. The fraction of sp³-hybridized carbons (Fsp3) is 0.176. The van der Waals surface area contributed by atoms with Crippen LogP contribution in [0.5, 0.6) is 23.0 Å². The van der Waals surface area contributed by atoms with Gasteiger partial charge in [-0.05, 0) is 24.3 Å². The van der Waals surface area contributed by atoms with Crippen LogP contribution < -0.4 is 29.8 Å². The Bertz CT molecular complexity index is 720. The van der Waals surface area contributed by atoms with Crippen molar-refractivity contribution in [3.63, 3.8) is 0 Å². The second-order valence-electron chi connectivity index (χ2n) is 4.68. The number of nitrogens with one attached hydrogen (secondary N) is 2. The fourth-order valence-corrected chi connectivity index (χ4v) is 1.83. The number of hydrogen-bond acceptors (Lipinski definition) is 6. The third kappa shape index (κ3) is 5.61. The third-order valence-electron chi connectivity index (χ3n) is 2.98. The van der Waals surface area contributed by atoms with E-state index in [9.17, 15) is 9.59 Å². The molecule has 0 aromatic heterocycles. The zero-order chi connectivity index (χ0) is 18.1. The summed E-state index contributed by atoms with van der Waals surface area (Å²) in [6.45, 7) is -0.304. The number of carbonyl (C=O) groups excluding carboxylic acids is 2. The van der Waals surface area contributed by atoms with E-state index in [0.717, 1.165) is 0 Å². The van der Waals surface area contributed by atoms with E-state index in [1.807, 2.05) is 0 Å². The van der Waals surface area contributed by atoms with Crippen LogP contribution in [-0.4, -0.2) is 32.8 Å². The Morgan fingerprint density at radius 2 is 1.60 bits per heavy atom. The molecule has 0 aliphatic carbocycles. The molecule has 0 bridgehead atoms. The molecule has 8 nitrogen and oxygen atoms in total. The van der Waals surface area contributed by atoms with Crippen LogP contribution in [0.1, 0.15) is 0 Å². The van der Waals surface area contributed by atoms with Crippen LogP contribution >= 0.6 is 0 Å². The van der Waals surface area contributed by atoms with Crippen molar-refractivity contribution in [1.29, 1.82) is 0 Å². The molecular formula is C17H18N2O6. The number of carbonyl (C=O) groups is 2. The minimum atomic E-state index is -0.814. The first kappa shape index (κ1) is 17.9. The maximum absolute atomic E-state index is 11.7. The maximum Gasteiger partial charge on any atom is 0.431 e. The highest BCUT2D eigenvalue weighted by Gasteiger charge is 2.09. The molecule has 0 radical (unpaired) electrons. The van der Waals surface area contributed by atoms with E-state index in [0.29, 0.717) is 23.0 Å². The molecule has 2 aromatic rings. The number of hydrazine groups is 1. The first-order valence-electron chi connectivity index (χ1n) is 7.29. The van der Waals surface area contributed by atoms with Gasteiger partial charge in [-0.3, -0.25) is 10.2 Å². The van der Waals surface area contributed by atoms with Gasteiger partial charge in [-0.1, -0.05) is 18.2 Å². The molecule has 0 atom stereocenters. The number of hydrogen-bond donors (Lipinski definition) is 2. The Labute approximate surface area is 144 Å². The summed E-state index contributed by atoms with van der Waals surface area (Å²) >= 11 is 0. The molecule has 2 rings (SSSR count). The lowest BCUT2D eigenvalue weighted by Gasteiger charge is -2.11. The van der Waals surface area contributed by atoms with Crippen molar-refractivity contribution in [2.45, 2.75) is 0 Å². The topological polar surface area (TPSA) is 95.1 Å². The molecule has 0 fully saturated rings. The fourth-order valence-electron chi connectivity index (χ4n) is 1.83. The molecule has 132 valence electrons. The van der Waals surface area contributed by atoms with Crippen molar-refractivity contribution in [1.82, 2.24) is 10.9 Å². The van der Waals surface area contributed by atoms with Gasteiger partial charge in [-0.25, -0.2) is 10.2 Å². The molecule has 2 N–H and O–H groups in total. The number of para-hydroxylation sites is 1. The summed E-state index contributed by atoms with van der Waals surface area (Å²) < 4.78 is 20.5. The summed E-state index contributed by atoms with van der Waals surface area (Å²) in [5.74, 6) is 1.24. The highest BCUT2D eigenvalue weighted by molar-refractivity contribution is 5.80. The van der Waals surface area contributed by atoms with Crippen molar-refractivity contribution in [3.8, 4) is 23.0 Å². The zero-order valence-corrected chi connectivity index (χ0v) is 13.8. The van der Waals surface area contributed by atoms with Gasteiger partial charge in [0.05, 0.1) is 14.2 Å². The van der Waals surface area contributed by atoms with E-state index in [-0.39, 0.29) is 6.61 Å². The normalized spacial score (nSPS) is 9.68. The molecule has 0 unspecified atom stereocenters. The molecule has 0 saturated carbocycles. The van der Waals surface area contributed by atoms with Crippen molar-refractivity contribution in [2.75, 3.05) is 20.8 Å². The molecule has 0 aliphatic heterocycles. The van der Waals surface area contributed by atoms with Gasteiger partial charge >= 0.3 is 6.09 Å². The van der Waals surface area contributed by atoms with Crippen LogP contribution in [0.25, 0.3) is 0 Å². The molecule has 0 aliphatic rings. The van der Waals surface area contributed by atoms with Gasteiger partial charge in [0.2, 0.25) is 0 Å². The third-order valence-corrected chi connectivity index (χ3v) is 2.98. The predicted octanol–water partition coefficient (Wildman–Crippen LogP) is 1.90. The molecule has 0 spiro atoms. The quantitative estimate of drug-likeness (QED) is 0.776. The largest absolute Gasteiger partial charge is 0.493 e. The van der Waals surface area contributed by atoms with Gasteiger partial charge in [0.1, 0.15) is 11.5 Å². The first-order valence-corrected chi connectivity index (χ1v) is 7.29. The summed E-state index contributed by atoms with van der Waals surface area (Å²) in [5.41, 5.74) is 4.30. The summed E-state index contributed by atoms with van der Waals surface area (Å²) in [6, 6.07) is 13.3. The van der Waals surface area contributed by atoms with Crippen LogP contribution in [0.4, 0.5) is 4.79 Å². The Balaban J connectivity index is 1.76. The smallest absolute Gasteiger partial charge is 0.431 e. The summed E-state index contributed by atoms with van der Waals surface area (Å²) in [6.07, 6.45) is -0.814. The lowest BCUT2D eigenvalue weighted by Crippen LogP contribution is -2.45. The lowest BCUT2D eigenvalue weighted by molar-refractivity contribution is -0.123. The molecule has 0 saturated heterocycles. The molecule has 2 amide bonds. The van der Waals surface area contributed by atoms with E-state index in [2.05, 4.69) is 10.9 Å². The number of ether oxygens (including phenoxy) is 4. The number of amides is 2. The van der Waals surface area contributed by atoms with Crippen molar-refractivity contribution in [2.24, 2.45) is 0 Å². The minimum absolute atomic E-state index is 0.304. The average molecular weight is 346 g/mol. The van der Waals surface area contributed by atoms with Gasteiger partial charge < -0.3 is 18.9 Å². The van der Waals surface area contributed by atoms with Crippen LogP contribution in [0.15, 0.2) is 48.5 Å². The van der Waals surface area contributed by atoms with E-state index in [1.165, 1.54) is 14.2 Å². The van der Waals surface area contributed by atoms with E-state index in [1.54, 1.807) is 48.5 Å². The van der Waals surface area contributed by atoms with Crippen molar-refractivity contribution < 1.29 is 28.5 Å². The Kier molecular flexibility index (Phi) is 6.47. The van der Waals surface area contributed by atoms with Gasteiger partial charge in [-0.2, -0.15) is 0 Å². The van der Waals surface area contributed by atoms with E-state index >= 15 is 0 Å². The van der Waals surface area contributed by atoms with Gasteiger partial charge in [0, 0.05) is 6.07 Å². The Morgan fingerprint density at radius 3 is 2.28 bits per heavy atom. The molecular weight excluding hydrogens is 328 g/mol. The van der Waals surface area contributed by atoms with Crippen LogP contribution in [-0.2, 0) is 4.79 Å². The number of benzene rings is 2.